The first-order chi connectivity index (χ1) is 9.02. The first-order valence-electron chi connectivity index (χ1n) is 5.63. The molecule has 0 bridgehead atoms. The van der Waals surface area contributed by atoms with Crippen LogP contribution in [0.15, 0.2) is 36.9 Å². The zero-order valence-corrected chi connectivity index (χ0v) is 11.1. The molecule has 0 saturated heterocycles. The van der Waals surface area contributed by atoms with Crippen LogP contribution < -0.4 is 10.2 Å². The summed E-state index contributed by atoms with van der Waals surface area (Å²) in [4.78, 5) is 23.9. The molecule has 2 N–H and O–H groups in total. The zero-order valence-electron chi connectivity index (χ0n) is 10.3. The van der Waals surface area contributed by atoms with Gasteiger partial charge in [0.05, 0.1) is 6.54 Å². The van der Waals surface area contributed by atoms with E-state index in [4.69, 9.17) is 16.7 Å². The minimum atomic E-state index is -1.02. The van der Waals surface area contributed by atoms with E-state index >= 15 is 0 Å². The van der Waals surface area contributed by atoms with Crippen LogP contribution in [-0.2, 0) is 9.59 Å². The molecule has 0 spiro atoms. The molecule has 0 heterocycles. The SMILES string of the molecule is C=CCNC(=O)CN(CC(=O)O)c1cccc(Cl)c1. The number of rotatable bonds is 7. The van der Waals surface area contributed by atoms with Crippen LogP contribution in [0.2, 0.25) is 5.02 Å². The number of nitrogens with one attached hydrogen (secondary N) is 1. The highest BCUT2D eigenvalue weighted by atomic mass is 35.5. The second kappa shape index (κ2) is 7.43. The van der Waals surface area contributed by atoms with Gasteiger partial charge >= 0.3 is 5.97 Å². The van der Waals surface area contributed by atoms with E-state index < -0.39 is 5.97 Å². The molecule has 0 aliphatic carbocycles. The lowest BCUT2D eigenvalue weighted by molar-refractivity contribution is -0.135. The molecule has 1 aromatic carbocycles. The van der Waals surface area contributed by atoms with Gasteiger partial charge in [0.25, 0.3) is 0 Å². The van der Waals surface area contributed by atoms with E-state index in [0.717, 1.165) is 0 Å². The highest BCUT2D eigenvalue weighted by molar-refractivity contribution is 6.30. The quantitative estimate of drug-likeness (QED) is 0.744. The molecule has 0 aliphatic rings. The summed E-state index contributed by atoms with van der Waals surface area (Å²) in [5.41, 5.74) is 0.587. The largest absolute Gasteiger partial charge is 0.480 e. The number of carboxylic acid groups (broad SMARTS) is 1. The van der Waals surface area contributed by atoms with Gasteiger partial charge in [-0.05, 0) is 18.2 Å². The number of aliphatic carboxylic acids is 1. The summed E-state index contributed by atoms with van der Waals surface area (Å²) >= 11 is 5.86. The Kier molecular flexibility index (Phi) is 5.89. The van der Waals surface area contributed by atoms with Crippen LogP contribution in [0.5, 0.6) is 0 Å². The summed E-state index contributed by atoms with van der Waals surface area (Å²) in [6, 6.07) is 6.71. The Labute approximate surface area is 116 Å². The topological polar surface area (TPSA) is 69.6 Å². The van der Waals surface area contributed by atoms with Crippen molar-refractivity contribution >= 4 is 29.2 Å². The molecule has 0 aliphatic heterocycles. The highest BCUT2D eigenvalue weighted by Gasteiger charge is 2.14. The second-order valence-electron chi connectivity index (χ2n) is 3.82. The average Bonchev–Trinajstić information content (AvgIpc) is 2.35. The molecule has 1 rings (SSSR count). The second-order valence-corrected chi connectivity index (χ2v) is 4.26. The van der Waals surface area contributed by atoms with Crippen molar-refractivity contribution in [3.05, 3.63) is 41.9 Å². The molecule has 19 heavy (non-hydrogen) atoms. The van der Waals surface area contributed by atoms with Gasteiger partial charge in [0, 0.05) is 17.3 Å². The van der Waals surface area contributed by atoms with Crippen LogP contribution in [0.1, 0.15) is 0 Å². The number of hydrogen-bond donors (Lipinski definition) is 2. The normalized spacial score (nSPS) is 9.74. The molecular weight excluding hydrogens is 268 g/mol. The first-order valence-corrected chi connectivity index (χ1v) is 6.00. The fourth-order valence-corrected chi connectivity index (χ4v) is 1.67. The molecule has 0 saturated carbocycles. The van der Waals surface area contributed by atoms with E-state index in [-0.39, 0.29) is 19.0 Å². The Balaban J connectivity index is 2.79. The Morgan fingerprint density at radius 3 is 2.74 bits per heavy atom. The van der Waals surface area contributed by atoms with Crippen molar-refractivity contribution in [2.45, 2.75) is 0 Å². The van der Waals surface area contributed by atoms with E-state index in [1.807, 2.05) is 0 Å². The molecule has 5 nitrogen and oxygen atoms in total. The molecule has 0 unspecified atom stereocenters. The van der Waals surface area contributed by atoms with Crippen molar-refractivity contribution in [1.82, 2.24) is 5.32 Å². The minimum absolute atomic E-state index is 0.0551. The lowest BCUT2D eigenvalue weighted by Gasteiger charge is -2.22. The predicted molar refractivity (Wildman–Crippen MR) is 74.5 cm³/mol. The molecule has 1 amide bonds. The lowest BCUT2D eigenvalue weighted by atomic mass is 10.2. The number of nitrogens with zero attached hydrogens (tertiary/aromatic N) is 1. The van der Waals surface area contributed by atoms with Crippen molar-refractivity contribution in [1.29, 1.82) is 0 Å². The van der Waals surface area contributed by atoms with Crippen LogP contribution in [0.3, 0.4) is 0 Å². The summed E-state index contributed by atoms with van der Waals surface area (Å²) in [5, 5.41) is 12.0. The van der Waals surface area contributed by atoms with E-state index in [2.05, 4.69) is 11.9 Å². The molecule has 0 fully saturated rings. The number of anilines is 1. The van der Waals surface area contributed by atoms with Gasteiger partial charge in [0.1, 0.15) is 6.54 Å². The fraction of sp³-hybridized carbons (Fsp3) is 0.231. The number of amides is 1. The lowest BCUT2D eigenvalue weighted by Crippen LogP contribution is -2.40. The molecule has 1 aromatic rings. The third-order valence-corrected chi connectivity index (χ3v) is 2.51. The summed E-state index contributed by atoms with van der Waals surface area (Å²) in [6.45, 7) is 3.50. The van der Waals surface area contributed by atoms with Gasteiger partial charge in [-0.3, -0.25) is 9.59 Å². The number of carbonyl (C=O) groups is 2. The summed E-state index contributed by atoms with van der Waals surface area (Å²) in [6.07, 6.45) is 1.55. The van der Waals surface area contributed by atoms with E-state index in [0.29, 0.717) is 17.3 Å². The minimum Gasteiger partial charge on any atom is -0.480 e. The van der Waals surface area contributed by atoms with Crippen LogP contribution >= 0.6 is 11.6 Å². The maximum Gasteiger partial charge on any atom is 0.323 e. The average molecular weight is 283 g/mol. The summed E-state index contributed by atoms with van der Waals surface area (Å²) in [7, 11) is 0. The Morgan fingerprint density at radius 2 is 2.16 bits per heavy atom. The van der Waals surface area contributed by atoms with Crippen molar-refractivity contribution in [3.63, 3.8) is 0 Å². The van der Waals surface area contributed by atoms with Gasteiger partial charge < -0.3 is 15.3 Å². The van der Waals surface area contributed by atoms with Gasteiger partial charge in [0.2, 0.25) is 5.91 Å². The van der Waals surface area contributed by atoms with Crippen molar-refractivity contribution in [3.8, 4) is 0 Å². The van der Waals surface area contributed by atoms with E-state index in [1.165, 1.54) is 4.90 Å². The fourth-order valence-electron chi connectivity index (χ4n) is 1.49. The Bertz CT molecular complexity index is 477. The van der Waals surface area contributed by atoms with Crippen molar-refractivity contribution in [2.24, 2.45) is 0 Å². The monoisotopic (exact) mass is 282 g/mol. The third kappa shape index (κ3) is 5.44. The zero-order chi connectivity index (χ0) is 14.3. The third-order valence-electron chi connectivity index (χ3n) is 2.28. The van der Waals surface area contributed by atoms with Gasteiger partial charge in [-0.2, -0.15) is 0 Å². The van der Waals surface area contributed by atoms with Gasteiger partial charge in [-0.25, -0.2) is 0 Å². The molecule has 0 aromatic heterocycles. The maximum atomic E-state index is 11.6. The van der Waals surface area contributed by atoms with E-state index in [9.17, 15) is 9.59 Å². The number of carbonyl (C=O) groups excluding carboxylic acids is 1. The molecule has 0 atom stereocenters. The standard InChI is InChI=1S/C13H15ClN2O3/c1-2-6-15-12(17)8-16(9-13(18)19)11-5-3-4-10(14)7-11/h2-5,7H,1,6,8-9H2,(H,15,17)(H,18,19). The van der Waals surface area contributed by atoms with Gasteiger partial charge in [0.15, 0.2) is 0 Å². The van der Waals surface area contributed by atoms with Crippen molar-refractivity contribution in [2.75, 3.05) is 24.5 Å². The molecular formula is C13H15ClN2O3. The number of benzene rings is 1. The smallest absolute Gasteiger partial charge is 0.323 e. The van der Waals surface area contributed by atoms with E-state index in [1.54, 1.807) is 30.3 Å². The number of halogens is 1. The first kappa shape index (κ1) is 15.0. The van der Waals surface area contributed by atoms with Crippen LogP contribution in [0.4, 0.5) is 5.69 Å². The Morgan fingerprint density at radius 1 is 1.42 bits per heavy atom. The molecule has 102 valence electrons. The van der Waals surface area contributed by atoms with Crippen LogP contribution in [-0.4, -0.2) is 36.6 Å². The predicted octanol–water partition coefficient (Wildman–Crippen LogP) is 1.53. The van der Waals surface area contributed by atoms with Gasteiger partial charge in [-0.15, -0.1) is 6.58 Å². The van der Waals surface area contributed by atoms with Gasteiger partial charge in [-0.1, -0.05) is 23.7 Å². The van der Waals surface area contributed by atoms with Crippen LogP contribution in [0, 0.1) is 0 Å². The molecule has 6 heteroatoms. The number of hydrogen-bond acceptors (Lipinski definition) is 3. The molecule has 0 radical (unpaired) electrons. The summed E-state index contributed by atoms with van der Waals surface area (Å²) in [5.74, 6) is -1.29. The maximum absolute atomic E-state index is 11.6. The highest BCUT2D eigenvalue weighted by Crippen LogP contribution is 2.19. The Hall–Kier alpha value is -2.01. The number of carboxylic acids is 1. The summed E-state index contributed by atoms with van der Waals surface area (Å²) < 4.78 is 0. The van der Waals surface area contributed by atoms with Crippen molar-refractivity contribution < 1.29 is 14.7 Å². The van der Waals surface area contributed by atoms with Crippen LogP contribution in [0.25, 0.3) is 0 Å².